The average Bonchev–Trinajstić information content (AvgIpc) is 3.28. The van der Waals surface area contributed by atoms with Gasteiger partial charge in [-0.2, -0.15) is 0 Å². The molecule has 1 aliphatic rings. The number of hydrogen-bond acceptors (Lipinski definition) is 5. The molecule has 32 heavy (non-hydrogen) atoms. The zero-order chi connectivity index (χ0) is 21.8. The standard InChI is InChI=1S/C25H26N6O/c32-24(27-13-10-19-16-28-22-7-3-2-6-20(19)22)21-17-29-25(31-14-4-1-5-15-31)30-23(21)18-8-11-26-12-9-18/h2-3,6-9,11-12,16-17,28H,1,4-5,10,13-15H2,(H,27,32). The van der Waals surface area contributed by atoms with Gasteiger partial charge in [-0.05, 0) is 49.4 Å². The molecule has 4 aromatic rings. The van der Waals surface area contributed by atoms with Gasteiger partial charge in [0.1, 0.15) is 0 Å². The molecule has 4 heterocycles. The number of para-hydroxylation sites is 1. The van der Waals surface area contributed by atoms with Gasteiger partial charge in [0.05, 0.1) is 11.3 Å². The monoisotopic (exact) mass is 426 g/mol. The Morgan fingerprint density at radius 3 is 2.72 bits per heavy atom. The molecule has 162 valence electrons. The molecule has 0 aliphatic carbocycles. The Balaban J connectivity index is 1.36. The fourth-order valence-electron chi connectivity index (χ4n) is 4.26. The Bertz CT molecular complexity index is 1210. The fraction of sp³-hybridized carbons (Fsp3) is 0.280. The molecule has 0 atom stereocenters. The fourth-order valence-corrected chi connectivity index (χ4v) is 4.26. The van der Waals surface area contributed by atoms with E-state index in [2.05, 4.69) is 37.3 Å². The molecule has 1 saturated heterocycles. The second kappa shape index (κ2) is 9.18. The smallest absolute Gasteiger partial charge is 0.255 e. The summed E-state index contributed by atoms with van der Waals surface area (Å²) in [6, 6.07) is 12.0. The van der Waals surface area contributed by atoms with Crippen LogP contribution in [0.4, 0.5) is 5.95 Å². The zero-order valence-corrected chi connectivity index (χ0v) is 17.9. The Hall–Kier alpha value is -3.74. The third-order valence-electron chi connectivity index (χ3n) is 5.97. The maximum atomic E-state index is 13.1. The summed E-state index contributed by atoms with van der Waals surface area (Å²) in [4.78, 5) is 32.0. The molecule has 7 heteroatoms. The van der Waals surface area contributed by atoms with Crippen LogP contribution < -0.4 is 10.2 Å². The van der Waals surface area contributed by atoms with Crippen molar-refractivity contribution in [3.8, 4) is 11.3 Å². The summed E-state index contributed by atoms with van der Waals surface area (Å²) in [7, 11) is 0. The van der Waals surface area contributed by atoms with Crippen molar-refractivity contribution in [3.05, 3.63) is 72.3 Å². The Kier molecular flexibility index (Phi) is 5.79. The van der Waals surface area contributed by atoms with E-state index >= 15 is 0 Å². The average molecular weight is 427 g/mol. The maximum Gasteiger partial charge on any atom is 0.255 e. The normalized spacial score (nSPS) is 13.9. The van der Waals surface area contributed by atoms with E-state index in [4.69, 9.17) is 4.98 Å². The molecular weight excluding hydrogens is 400 g/mol. The van der Waals surface area contributed by atoms with E-state index in [0.29, 0.717) is 23.8 Å². The Morgan fingerprint density at radius 1 is 1.06 bits per heavy atom. The first kappa shape index (κ1) is 20.2. The Morgan fingerprint density at radius 2 is 1.88 bits per heavy atom. The number of rotatable bonds is 6. The van der Waals surface area contributed by atoms with E-state index in [1.165, 1.54) is 17.4 Å². The predicted octanol–water partition coefficient (Wildman–Crippen LogP) is 3.98. The molecule has 1 fully saturated rings. The number of benzene rings is 1. The molecule has 5 rings (SSSR count). The molecule has 0 saturated carbocycles. The third kappa shape index (κ3) is 4.19. The number of anilines is 1. The van der Waals surface area contributed by atoms with Gasteiger partial charge in [-0.25, -0.2) is 9.97 Å². The second-order valence-electron chi connectivity index (χ2n) is 8.08. The number of hydrogen-bond donors (Lipinski definition) is 2. The van der Waals surface area contributed by atoms with Gasteiger partial charge < -0.3 is 15.2 Å². The number of piperidine rings is 1. The molecule has 7 nitrogen and oxygen atoms in total. The van der Waals surface area contributed by atoms with Crippen LogP contribution in [-0.2, 0) is 6.42 Å². The number of carbonyl (C=O) groups is 1. The number of amides is 1. The highest BCUT2D eigenvalue weighted by Crippen LogP contribution is 2.25. The minimum atomic E-state index is -0.165. The van der Waals surface area contributed by atoms with Crippen molar-refractivity contribution in [3.63, 3.8) is 0 Å². The first-order valence-electron chi connectivity index (χ1n) is 11.2. The molecule has 1 amide bonds. The van der Waals surface area contributed by atoms with Crippen LogP contribution >= 0.6 is 0 Å². The number of aromatic amines is 1. The molecule has 0 spiro atoms. The molecule has 3 aromatic heterocycles. The number of aromatic nitrogens is 4. The summed E-state index contributed by atoms with van der Waals surface area (Å²) in [6.07, 6.45) is 11.4. The number of pyridine rings is 1. The van der Waals surface area contributed by atoms with Crippen LogP contribution in [0.15, 0.2) is 61.2 Å². The van der Waals surface area contributed by atoms with Crippen LogP contribution in [-0.4, -0.2) is 45.5 Å². The van der Waals surface area contributed by atoms with Crippen molar-refractivity contribution in [2.75, 3.05) is 24.5 Å². The molecule has 0 radical (unpaired) electrons. The van der Waals surface area contributed by atoms with Gasteiger partial charge in [0, 0.05) is 60.9 Å². The van der Waals surface area contributed by atoms with Gasteiger partial charge in [0.15, 0.2) is 0 Å². The van der Waals surface area contributed by atoms with E-state index < -0.39 is 0 Å². The third-order valence-corrected chi connectivity index (χ3v) is 5.97. The summed E-state index contributed by atoms with van der Waals surface area (Å²) in [5.74, 6) is 0.522. The first-order valence-corrected chi connectivity index (χ1v) is 11.2. The van der Waals surface area contributed by atoms with Crippen LogP contribution in [0.25, 0.3) is 22.2 Å². The SMILES string of the molecule is O=C(NCCc1c[nH]c2ccccc12)c1cnc(N2CCCCC2)nc1-c1ccncc1. The van der Waals surface area contributed by atoms with E-state index in [-0.39, 0.29) is 5.91 Å². The minimum absolute atomic E-state index is 0.165. The van der Waals surface area contributed by atoms with Gasteiger partial charge in [-0.15, -0.1) is 0 Å². The van der Waals surface area contributed by atoms with Gasteiger partial charge in [0.2, 0.25) is 5.95 Å². The van der Waals surface area contributed by atoms with Crippen LogP contribution in [0, 0.1) is 0 Å². The van der Waals surface area contributed by atoms with Crippen LogP contribution in [0.2, 0.25) is 0 Å². The second-order valence-corrected chi connectivity index (χ2v) is 8.08. The molecule has 0 bridgehead atoms. The molecule has 1 aliphatic heterocycles. The summed E-state index contributed by atoms with van der Waals surface area (Å²) in [5, 5.41) is 4.24. The van der Waals surface area contributed by atoms with Crippen molar-refractivity contribution < 1.29 is 4.79 Å². The highest BCUT2D eigenvalue weighted by Gasteiger charge is 2.20. The number of nitrogens with one attached hydrogen (secondary N) is 2. The van der Waals surface area contributed by atoms with E-state index in [1.807, 2.05) is 30.5 Å². The van der Waals surface area contributed by atoms with Gasteiger partial charge in [-0.3, -0.25) is 9.78 Å². The minimum Gasteiger partial charge on any atom is -0.361 e. The first-order chi connectivity index (χ1) is 15.8. The van der Waals surface area contributed by atoms with E-state index in [9.17, 15) is 4.79 Å². The van der Waals surface area contributed by atoms with Gasteiger partial charge in [-0.1, -0.05) is 18.2 Å². The lowest BCUT2D eigenvalue weighted by Gasteiger charge is -2.27. The number of carbonyl (C=O) groups excluding carboxylic acids is 1. The quantitative estimate of drug-likeness (QED) is 0.487. The van der Waals surface area contributed by atoms with Crippen LogP contribution in [0.5, 0.6) is 0 Å². The van der Waals surface area contributed by atoms with Crippen LogP contribution in [0.1, 0.15) is 35.2 Å². The van der Waals surface area contributed by atoms with Gasteiger partial charge >= 0.3 is 0 Å². The molecule has 2 N–H and O–H groups in total. The lowest BCUT2D eigenvalue weighted by atomic mass is 10.1. The number of fused-ring (bicyclic) bond motifs is 1. The molecular formula is C25H26N6O. The summed E-state index contributed by atoms with van der Waals surface area (Å²) >= 11 is 0. The number of H-pyrrole nitrogens is 1. The zero-order valence-electron chi connectivity index (χ0n) is 17.9. The van der Waals surface area contributed by atoms with E-state index in [1.54, 1.807) is 18.6 Å². The Labute approximate surface area is 186 Å². The highest BCUT2D eigenvalue weighted by molar-refractivity contribution is 5.99. The van der Waals surface area contributed by atoms with E-state index in [0.717, 1.165) is 43.4 Å². The topological polar surface area (TPSA) is 86.8 Å². The van der Waals surface area contributed by atoms with Crippen LogP contribution in [0.3, 0.4) is 0 Å². The van der Waals surface area contributed by atoms with Gasteiger partial charge in [0.25, 0.3) is 5.91 Å². The highest BCUT2D eigenvalue weighted by atomic mass is 16.1. The lowest BCUT2D eigenvalue weighted by Crippen LogP contribution is -2.32. The summed E-state index contributed by atoms with van der Waals surface area (Å²) in [5.41, 5.74) is 4.29. The predicted molar refractivity (Wildman–Crippen MR) is 126 cm³/mol. The van der Waals surface area contributed by atoms with Crippen molar-refractivity contribution in [2.24, 2.45) is 0 Å². The number of nitrogens with zero attached hydrogens (tertiary/aromatic N) is 4. The van der Waals surface area contributed by atoms with Crippen molar-refractivity contribution >= 4 is 22.8 Å². The van der Waals surface area contributed by atoms with Crippen molar-refractivity contribution in [2.45, 2.75) is 25.7 Å². The summed E-state index contributed by atoms with van der Waals surface area (Å²) in [6.45, 7) is 2.43. The molecule has 0 unspecified atom stereocenters. The maximum absolute atomic E-state index is 13.1. The lowest BCUT2D eigenvalue weighted by molar-refractivity contribution is 0.0954. The molecule has 1 aromatic carbocycles. The van der Waals surface area contributed by atoms with Crippen molar-refractivity contribution in [1.29, 1.82) is 0 Å². The summed E-state index contributed by atoms with van der Waals surface area (Å²) < 4.78 is 0. The van der Waals surface area contributed by atoms with Crippen molar-refractivity contribution in [1.82, 2.24) is 25.3 Å². The largest absolute Gasteiger partial charge is 0.361 e.